The number of likely N-dealkylation sites (N-methyl/N-ethyl adjacent to an activating group) is 1. The number of amides is 1. The fourth-order valence-corrected chi connectivity index (χ4v) is 4.03. The minimum atomic E-state index is -4.46. The second-order valence-electron chi connectivity index (χ2n) is 8.22. The van der Waals surface area contributed by atoms with Gasteiger partial charge in [0.15, 0.2) is 5.82 Å². The number of carbonyl (C=O) groups excluding carboxylic acids is 1. The summed E-state index contributed by atoms with van der Waals surface area (Å²) in [7, 11) is 1.86. The Hall–Kier alpha value is -3.11. The highest BCUT2D eigenvalue weighted by Crippen LogP contribution is 2.35. The molecule has 1 aliphatic carbocycles. The van der Waals surface area contributed by atoms with Gasteiger partial charge in [-0.25, -0.2) is 9.97 Å². The Morgan fingerprint density at radius 2 is 2.03 bits per heavy atom. The zero-order chi connectivity index (χ0) is 23.0. The van der Waals surface area contributed by atoms with Gasteiger partial charge in [-0.05, 0) is 44.2 Å². The van der Waals surface area contributed by atoms with Crippen molar-refractivity contribution in [2.75, 3.05) is 29.2 Å². The van der Waals surface area contributed by atoms with Gasteiger partial charge >= 0.3 is 6.18 Å². The lowest BCUT2D eigenvalue weighted by atomic mass is 9.81. The fraction of sp³-hybridized carbons (Fsp3) is 0.524. The van der Waals surface area contributed by atoms with Gasteiger partial charge in [0.2, 0.25) is 11.9 Å². The van der Waals surface area contributed by atoms with Crippen molar-refractivity contribution in [3.8, 4) is 5.75 Å². The number of anilines is 3. The molecule has 8 nitrogen and oxygen atoms in total. The highest BCUT2D eigenvalue weighted by atomic mass is 19.4. The number of alkyl halides is 3. The maximum absolute atomic E-state index is 12.6. The van der Waals surface area contributed by atoms with Gasteiger partial charge in [0, 0.05) is 13.1 Å². The molecule has 1 aliphatic heterocycles. The number of ether oxygens (including phenoxy) is 1. The van der Waals surface area contributed by atoms with Gasteiger partial charge in [-0.1, -0.05) is 6.92 Å². The van der Waals surface area contributed by atoms with E-state index in [1.54, 1.807) is 0 Å². The van der Waals surface area contributed by atoms with Gasteiger partial charge in [0.1, 0.15) is 23.2 Å². The topological polar surface area (TPSA) is 92.3 Å². The largest absolute Gasteiger partial charge is 0.492 e. The summed E-state index contributed by atoms with van der Waals surface area (Å²) < 4.78 is 43.3. The Morgan fingerprint density at radius 1 is 1.28 bits per heavy atom. The summed E-state index contributed by atoms with van der Waals surface area (Å²) in [5, 5.41) is 6.23. The number of rotatable bonds is 6. The summed E-state index contributed by atoms with van der Waals surface area (Å²) in [5.74, 6) is 1.74. The Kier molecular flexibility index (Phi) is 5.83. The summed E-state index contributed by atoms with van der Waals surface area (Å²) in [6.07, 6.45) is -1.03. The molecule has 0 spiro atoms. The third-order valence-corrected chi connectivity index (χ3v) is 5.89. The minimum Gasteiger partial charge on any atom is -0.492 e. The normalized spacial score (nSPS) is 22.6. The molecular weight excluding hydrogens is 425 g/mol. The van der Waals surface area contributed by atoms with Crippen molar-refractivity contribution in [1.82, 2.24) is 15.0 Å². The van der Waals surface area contributed by atoms with Crippen molar-refractivity contribution < 1.29 is 22.7 Å². The van der Waals surface area contributed by atoms with E-state index < -0.39 is 11.9 Å². The SMILES string of the molecule is CC[C@H]1C(=O)Nc2c(C)nc(NC3CC(COc4ccc(C(F)(F)F)nc4)C3)nc2N1C. The van der Waals surface area contributed by atoms with Crippen LogP contribution in [0.15, 0.2) is 18.3 Å². The first-order valence-corrected chi connectivity index (χ1v) is 10.5. The van der Waals surface area contributed by atoms with Crippen LogP contribution < -0.4 is 20.3 Å². The third kappa shape index (κ3) is 4.42. The number of aromatic nitrogens is 3. The maximum atomic E-state index is 12.6. The highest BCUT2D eigenvalue weighted by Gasteiger charge is 2.34. The van der Waals surface area contributed by atoms with Crippen molar-refractivity contribution in [3.05, 3.63) is 29.7 Å². The number of aryl methyl sites for hydroxylation is 1. The molecule has 1 atom stereocenters. The molecular formula is C21H25F3N6O2. The van der Waals surface area contributed by atoms with E-state index in [0.29, 0.717) is 41.9 Å². The van der Waals surface area contributed by atoms with Crippen LogP contribution in [0.3, 0.4) is 0 Å². The number of nitrogens with one attached hydrogen (secondary N) is 2. The zero-order valence-electron chi connectivity index (χ0n) is 18.0. The third-order valence-electron chi connectivity index (χ3n) is 5.89. The molecule has 0 bridgehead atoms. The van der Waals surface area contributed by atoms with Crippen LogP contribution in [0.25, 0.3) is 0 Å². The molecule has 1 amide bonds. The van der Waals surface area contributed by atoms with Gasteiger partial charge in [-0.3, -0.25) is 4.79 Å². The van der Waals surface area contributed by atoms with Crippen molar-refractivity contribution >= 4 is 23.4 Å². The van der Waals surface area contributed by atoms with Crippen molar-refractivity contribution in [3.63, 3.8) is 0 Å². The van der Waals surface area contributed by atoms with Crippen LogP contribution in [0.2, 0.25) is 0 Å². The lowest BCUT2D eigenvalue weighted by molar-refractivity contribution is -0.141. The van der Waals surface area contributed by atoms with Gasteiger partial charge in [-0.2, -0.15) is 18.2 Å². The zero-order valence-corrected chi connectivity index (χ0v) is 18.0. The van der Waals surface area contributed by atoms with Crippen LogP contribution in [-0.4, -0.2) is 46.6 Å². The van der Waals surface area contributed by atoms with E-state index in [2.05, 4.69) is 25.6 Å². The fourth-order valence-electron chi connectivity index (χ4n) is 4.03. The molecule has 172 valence electrons. The summed E-state index contributed by atoms with van der Waals surface area (Å²) in [4.78, 5) is 26.6. The summed E-state index contributed by atoms with van der Waals surface area (Å²) in [6.45, 7) is 4.19. The lowest BCUT2D eigenvalue weighted by Gasteiger charge is -2.37. The van der Waals surface area contributed by atoms with Crippen molar-refractivity contribution in [2.24, 2.45) is 5.92 Å². The molecule has 2 aromatic heterocycles. The maximum Gasteiger partial charge on any atom is 0.433 e. The van der Waals surface area contributed by atoms with Gasteiger partial charge in [0.05, 0.1) is 18.5 Å². The Bertz CT molecular complexity index is 992. The summed E-state index contributed by atoms with van der Waals surface area (Å²) in [5.41, 5.74) is 0.396. The molecule has 0 saturated heterocycles. The quantitative estimate of drug-likeness (QED) is 0.694. The average molecular weight is 450 g/mol. The number of fused-ring (bicyclic) bond motifs is 1. The molecule has 2 aliphatic rings. The number of hydrogen-bond donors (Lipinski definition) is 2. The first-order valence-electron chi connectivity index (χ1n) is 10.5. The van der Waals surface area contributed by atoms with E-state index in [0.717, 1.165) is 25.1 Å². The van der Waals surface area contributed by atoms with Crippen LogP contribution >= 0.6 is 0 Å². The molecule has 3 heterocycles. The summed E-state index contributed by atoms with van der Waals surface area (Å²) >= 11 is 0. The van der Waals surface area contributed by atoms with Crippen molar-refractivity contribution in [1.29, 1.82) is 0 Å². The van der Waals surface area contributed by atoms with Crippen LogP contribution in [0, 0.1) is 12.8 Å². The molecule has 2 N–H and O–H groups in total. The van der Waals surface area contributed by atoms with Crippen molar-refractivity contribution in [2.45, 2.75) is 51.4 Å². The molecule has 4 rings (SSSR count). The number of hydrogen-bond acceptors (Lipinski definition) is 7. The van der Waals surface area contributed by atoms with Crippen LogP contribution in [0.4, 0.5) is 30.6 Å². The molecule has 2 aromatic rings. The second kappa shape index (κ2) is 8.44. The predicted molar refractivity (Wildman–Crippen MR) is 113 cm³/mol. The average Bonchev–Trinajstić information content (AvgIpc) is 2.70. The van der Waals surface area contributed by atoms with Crippen LogP contribution in [0.1, 0.15) is 37.6 Å². The molecule has 11 heteroatoms. The van der Waals surface area contributed by atoms with E-state index in [9.17, 15) is 18.0 Å². The molecule has 32 heavy (non-hydrogen) atoms. The lowest BCUT2D eigenvalue weighted by Crippen LogP contribution is -2.46. The van der Waals surface area contributed by atoms with E-state index >= 15 is 0 Å². The summed E-state index contributed by atoms with van der Waals surface area (Å²) in [6, 6.07) is 2.11. The number of pyridine rings is 1. The predicted octanol–water partition coefficient (Wildman–Crippen LogP) is 3.64. The van der Waals surface area contributed by atoms with Gasteiger partial charge in [0.25, 0.3) is 0 Å². The second-order valence-corrected chi connectivity index (χ2v) is 8.22. The van der Waals surface area contributed by atoms with E-state index in [1.807, 2.05) is 25.8 Å². The molecule has 0 unspecified atom stereocenters. The Balaban J connectivity index is 1.31. The highest BCUT2D eigenvalue weighted by molar-refractivity contribution is 6.03. The standard InChI is InChI=1S/C21H25F3N6O2/c1-4-15-19(31)28-17-11(2)26-20(29-18(17)30(15)3)27-13-7-12(8-13)10-32-14-5-6-16(25-9-14)21(22,23)24/h5-6,9,12-13,15H,4,7-8,10H2,1-3H3,(H,28,31)(H,26,27,29)/t12?,13?,15-/m0/s1. The Labute approximate surface area is 183 Å². The number of carbonyl (C=O) groups is 1. The van der Waals surface area contributed by atoms with Crippen LogP contribution in [-0.2, 0) is 11.0 Å². The molecule has 0 radical (unpaired) electrons. The minimum absolute atomic E-state index is 0.0556. The first kappa shape index (κ1) is 22.1. The molecule has 1 fully saturated rings. The monoisotopic (exact) mass is 450 g/mol. The van der Waals surface area contributed by atoms with Gasteiger partial charge < -0.3 is 20.3 Å². The van der Waals surface area contributed by atoms with Crippen LogP contribution in [0.5, 0.6) is 5.75 Å². The molecule has 0 aromatic carbocycles. The van der Waals surface area contributed by atoms with Gasteiger partial charge in [-0.15, -0.1) is 0 Å². The first-order chi connectivity index (χ1) is 15.2. The van der Waals surface area contributed by atoms with E-state index in [-0.39, 0.29) is 23.9 Å². The van der Waals surface area contributed by atoms with E-state index in [1.165, 1.54) is 6.07 Å². The smallest absolute Gasteiger partial charge is 0.433 e. The van der Waals surface area contributed by atoms with E-state index in [4.69, 9.17) is 4.74 Å². The number of nitrogens with zero attached hydrogens (tertiary/aromatic N) is 4. The number of halogens is 3. The Morgan fingerprint density at radius 3 is 2.66 bits per heavy atom. The molecule has 1 saturated carbocycles.